The molecule has 0 aliphatic carbocycles. The molecule has 0 saturated carbocycles. The van der Waals surface area contributed by atoms with Crippen LogP contribution in [0.4, 0.5) is 0 Å². The molecule has 0 radical (unpaired) electrons. The Hall–Kier alpha value is -1.71. The molecular formula is C24H34N2S. The van der Waals surface area contributed by atoms with Gasteiger partial charge in [0.15, 0.2) is 0 Å². The van der Waals surface area contributed by atoms with Crippen LogP contribution in [0.1, 0.15) is 44.7 Å². The first kappa shape index (κ1) is 21.6. The Morgan fingerprint density at radius 1 is 1.07 bits per heavy atom. The van der Waals surface area contributed by atoms with Crippen molar-refractivity contribution in [3.63, 3.8) is 0 Å². The maximum atomic E-state index is 6.22. The van der Waals surface area contributed by atoms with Crippen molar-refractivity contribution in [1.82, 2.24) is 4.90 Å². The molecule has 1 atom stereocenters. The van der Waals surface area contributed by atoms with Gasteiger partial charge in [-0.1, -0.05) is 56.8 Å². The van der Waals surface area contributed by atoms with E-state index in [1.165, 1.54) is 27.1 Å². The van der Waals surface area contributed by atoms with E-state index in [9.17, 15) is 0 Å². The van der Waals surface area contributed by atoms with Gasteiger partial charge in [0.1, 0.15) is 0 Å². The Morgan fingerprint density at radius 3 is 2.37 bits per heavy atom. The minimum Gasteiger partial charge on any atom is -0.363 e. The highest BCUT2D eigenvalue weighted by Gasteiger charge is 2.08. The molecule has 2 rings (SSSR count). The summed E-state index contributed by atoms with van der Waals surface area (Å²) >= 11 is 1.93. The monoisotopic (exact) mass is 382 g/mol. The summed E-state index contributed by atoms with van der Waals surface area (Å²) in [6.07, 6.45) is 6.13. The van der Waals surface area contributed by atoms with E-state index in [1.807, 2.05) is 18.0 Å². The highest BCUT2D eigenvalue weighted by Crippen LogP contribution is 2.29. The van der Waals surface area contributed by atoms with E-state index >= 15 is 0 Å². The maximum Gasteiger partial charge on any atom is 0.0764 e. The molecule has 2 aromatic carbocycles. The zero-order chi connectivity index (χ0) is 19.6. The Balaban J connectivity index is 1.98. The van der Waals surface area contributed by atoms with E-state index in [1.54, 1.807) is 0 Å². The SMILES string of the molecule is C=CN(CC)C(N)CCCc1ccc(-c2ccc(SCC)c(CC)c2)cc1. The van der Waals surface area contributed by atoms with Gasteiger partial charge in [0.25, 0.3) is 0 Å². The molecular weight excluding hydrogens is 348 g/mol. The van der Waals surface area contributed by atoms with Gasteiger partial charge >= 0.3 is 0 Å². The third-order valence-corrected chi connectivity index (χ3v) is 6.02. The summed E-state index contributed by atoms with van der Waals surface area (Å²) in [6, 6.07) is 15.9. The standard InChI is InChI=1S/C24H34N2S/c1-5-20-18-22(16-17-23(20)27-8-4)21-14-12-19(13-15-21)10-9-11-24(25)26(6-2)7-3/h6,12-18,24H,2,5,7-11,25H2,1,3-4H3. The van der Waals surface area contributed by atoms with Crippen LogP contribution in [0.2, 0.25) is 0 Å². The van der Waals surface area contributed by atoms with Gasteiger partial charge in [-0.25, -0.2) is 0 Å². The van der Waals surface area contributed by atoms with Crippen LogP contribution in [0.5, 0.6) is 0 Å². The van der Waals surface area contributed by atoms with Crippen LogP contribution in [0.15, 0.2) is 60.1 Å². The highest BCUT2D eigenvalue weighted by molar-refractivity contribution is 7.99. The lowest BCUT2D eigenvalue weighted by Crippen LogP contribution is -2.38. The second-order valence-corrected chi connectivity index (χ2v) is 8.08. The van der Waals surface area contributed by atoms with Crippen LogP contribution < -0.4 is 5.73 Å². The normalized spacial score (nSPS) is 12.0. The molecule has 2 aromatic rings. The zero-order valence-electron chi connectivity index (χ0n) is 17.1. The van der Waals surface area contributed by atoms with Gasteiger partial charge in [-0.2, -0.15) is 0 Å². The minimum absolute atomic E-state index is 0.0683. The molecule has 0 bridgehead atoms. The van der Waals surface area contributed by atoms with Crippen LogP contribution in [-0.2, 0) is 12.8 Å². The van der Waals surface area contributed by atoms with Gasteiger partial charge in [0.2, 0.25) is 0 Å². The van der Waals surface area contributed by atoms with Crippen molar-refractivity contribution in [3.05, 3.63) is 66.4 Å². The van der Waals surface area contributed by atoms with E-state index in [-0.39, 0.29) is 6.17 Å². The average Bonchev–Trinajstić information content (AvgIpc) is 2.70. The number of hydrogen-bond donors (Lipinski definition) is 1. The third kappa shape index (κ3) is 6.15. The molecule has 3 heteroatoms. The number of nitrogens with two attached hydrogens (primary N) is 1. The topological polar surface area (TPSA) is 29.3 Å². The highest BCUT2D eigenvalue weighted by atomic mass is 32.2. The number of rotatable bonds is 11. The van der Waals surface area contributed by atoms with Gasteiger partial charge in [0, 0.05) is 11.4 Å². The molecule has 0 heterocycles. The second-order valence-electron chi connectivity index (χ2n) is 6.78. The molecule has 2 N–H and O–H groups in total. The molecule has 146 valence electrons. The minimum atomic E-state index is 0.0683. The smallest absolute Gasteiger partial charge is 0.0764 e. The predicted molar refractivity (Wildman–Crippen MR) is 121 cm³/mol. The van der Waals surface area contributed by atoms with Crippen molar-refractivity contribution >= 4 is 11.8 Å². The van der Waals surface area contributed by atoms with Crippen molar-refractivity contribution in [3.8, 4) is 11.1 Å². The first-order chi connectivity index (χ1) is 13.1. The fourth-order valence-electron chi connectivity index (χ4n) is 3.38. The van der Waals surface area contributed by atoms with Crippen LogP contribution in [0, 0.1) is 0 Å². The Labute approximate surface area is 169 Å². The van der Waals surface area contributed by atoms with Crippen LogP contribution in [0.25, 0.3) is 11.1 Å². The number of aryl methyl sites for hydroxylation is 2. The second kappa shape index (κ2) is 11.2. The molecule has 1 unspecified atom stereocenters. The van der Waals surface area contributed by atoms with Crippen molar-refractivity contribution in [2.24, 2.45) is 5.73 Å². The number of nitrogens with zero attached hydrogens (tertiary/aromatic N) is 1. The van der Waals surface area contributed by atoms with Crippen molar-refractivity contribution in [2.75, 3.05) is 12.3 Å². The Kier molecular flexibility index (Phi) is 8.96. The fourth-order valence-corrected chi connectivity index (χ4v) is 4.24. The van der Waals surface area contributed by atoms with Crippen molar-refractivity contribution in [1.29, 1.82) is 0 Å². The fraction of sp³-hybridized carbons (Fsp3) is 0.417. The largest absolute Gasteiger partial charge is 0.363 e. The number of thioether (sulfide) groups is 1. The predicted octanol–water partition coefficient (Wildman–Crippen LogP) is 6.10. The third-order valence-electron chi connectivity index (χ3n) is 5.02. The van der Waals surface area contributed by atoms with Gasteiger partial charge in [-0.15, -0.1) is 11.8 Å². The lowest BCUT2D eigenvalue weighted by atomic mass is 9.99. The quantitative estimate of drug-likeness (QED) is 0.376. The van der Waals surface area contributed by atoms with Gasteiger partial charge in [-0.3, -0.25) is 0 Å². The molecule has 0 amide bonds. The summed E-state index contributed by atoms with van der Waals surface area (Å²) < 4.78 is 0. The molecule has 0 spiro atoms. The van der Waals surface area contributed by atoms with Crippen molar-refractivity contribution < 1.29 is 0 Å². The van der Waals surface area contributed by atoms with Gasteiger partial charge < -0.3 is 10.6 Å². The first-order valence-corrected chi connectivity index (χ1v) is 11.1. The summed E-state index contributed by atoms with van der Waals surface area (Å²) in [5.41, 5.74) is 11.6. The lowest BCUT2D eigenvalue weighted by Gasteiger charge is -2.25. The lowest BCUT2D eigenvalue weighted by molar-refractivity contribution is 0.277. The van der Waals surface area contributed by atoms with Crippen molar-refractivity contribution in [2.45, 2.75) is 57.5 Å². The summed E-state index contributed by atoms with van der Waals surface area (Å²) in [7, 11) is 0. The molecule has 0 saturated heterocycles. The molecule has 0 aliphatic rings. The summed E-state index contributed by atoms with van der Waals surface area (Å²) in [5.74, 6) is 1.12. The van der Waals surface area contributed by atoms with E-state index in [0.717, 1.165) is 38.0 Å². The van der Waals surface area contributed by atoms with Gasteiger partial charge in [-0.05, 0) is 72.9 Å². The molecule has 0 aromatic heterocycles. The van der Waals surface area contributed by atoms with E-state index in [0.29, 0.717) is 0 Å². The number of benzene rings is 2. The zero-order valence-corrected chi connectivity index (χ0v) is 17.9. The summed E-state index contributed by atoms with van der Waals surface area (Å²) in [5, 5.41) is 0. The van der Waals surface area contributed by atoms with Crippen LogP contribution >= 0.6 is 11.8 Å². The van der Waals surface area contributed by atoms with Gasteiger partial charge in [0.05, 0.1) is 6.17 Å². The van der Waals surface area contributed by atoms with E-state index in [2.05, 4.69) is 74.7 Å². The van der Waals surface area contributed by atoms with E-state index < -0.39 is 0 Å². The summed E-state index contributed by atoms with van der Waals surface area (Å²) in [6.45, 7) is 11.3. The Morgan fingerprint density at radius 2 is 1.78 bits per heavy atom. The molecule has 0 aliphatic heterocycles. The van der Waals surface area contributed by atoms with Crippen LogP contribution in [0.3, 0.4) is 0 Å². The summed E-state index contributed by atoms with van der Waals surface area (Å²) in [4.78, 5) is 3.51. The van der Waals surface area contributed by atoms with Crippen LogP contribution in [-0.4, -0.2) is 23.4 Å². The number of hydrogen-bond acceptors (Lipinski definition) is 3. The first-order valence-electron chi connectivity index (χ1n) is 10.1. The maximum absolute atomic E-state index is 6.22. The molecule has 2 nitrogen and oxygen atoms in total. The Bertz CT molecular complexity index is 709. The molecule has 27 heavy (non-hydrogen) atoms. The molecule has 0 fully saturated rings. The van der Waals surface area contributed by atoms with E-state index in [4.69, 9.17) is 5.73 Å². The average molecular weight is 383 g/mol.